The number of carbonyl (C=O) groups excluding carboxylic acids is 1. The molecule has 8 nitrogen and oxygen atoms in total. The van der Waals surface area contributed by atoms with E-state index in [2.05, 4.69) is 5.32 Å². The van der Waals surface area contributed by atoms with Crippen molar-refractivity contribution in [2.24, 2.45) is 0 Å². The van der Waals surface area contributed by atoms with Gasteiger partial charge in [0.2, 0.25) is 0 Å². The number of likely N-dealkylation sites (tertiary alicyclic amines) is 1. The van der Waals surface area contributed by atoms with Crippen molar-refractivity contribution in [3.05, 3.63) is 99.0 Å². The second-order valence-electron chi connectivity index (χ2n) is 9.50. The topological polar surface area (TPSA) is 104 Å². The first-order valence-electron chi connectivity index (χ1n) is 12.3. The molecule has 5 rings (SSSR count). The molecule has 0 aliphatic carbocycles. The third-order valence-electron chi connectivity index (χ3n) is 6.86. The summed E-state index contributed by atoms with van der Waals surface area (Å²) in [5.41, 5.74) is 5.04. The summed E-state index contributed by atoms with van der Waals surface area (Å²) in [6, 6.07) is 15.6. The highest BCUT2D eigenvalue weighted by Gasteiger charge is 2.22. The summed E-state index contributed by atoms with van der Waals surface area (Å²) in [5.74, 6) is -1.01. The van der Waals surface area contributed by atoms with Crippen LogP contribution in [0.5, 0.6) is 0 Å². The van der Waals surface area contributed by atoms with Gasteiger partial charge in [-0.2, -0.15) is 0 Å². The highest BCUT2D eigenvalue weighted by Crippen LogP contribution is 2.28. The lowest BCUT2D eigenvalue weighted by Crippen LogP contribution is -2.41. The Kier molecular flexibility index (Phi) is 6.25. The lowest BCUT2D eigenvalue weighted by Gasteiger charge is -2.30. The van der Waals surface area contributed by atoms with Gasteiger partial charge in [0.25, 0.3) is 11.5 Å². The van der Waals surface area contributed by atoms with Crippen LogP contribution in [0.15, 0.2) is 65.6 Å². The number of aromatic carboxylic acids is 1. The van der Waals surface area contributed by atoms with E-state index in [1.54, 1.807) is 53.9 Å². The van der Waals surface area contributed by atoms with Crippen molar-refractivity contribution < 1.29 is 14.7 Å². The molecule has 0 unspecified atom stereocenters. The lowest BCUT2D eigenvalue weighted by molar-refractivity contribution is 0.0650. The minimum atomic E-state index is -1.02. The number of benzene rings is 2. The number of hydrogen-bond acceptors (Lipinski definition) is 5. The Balaban J connectivity index is 1.57. The summed E-state index contributed by atoms with van der Waals surface area (Å²) in [7, 11) is 0. The van der Waals surface area contributed by atoms with Crippen LogP contribution in [0.4, 0.5) is 5.69 Å². The van der Waals surface area contributed by atoms with Crippen LogP contribution in [0.25, 0.3) is 16.9 Å². The molecule has 0 spiro atoms. The molecule has 2 aromatic carbocycles. The fraction of sp³-hybridized carbons (Fsp3) is 0.241. The van der Waals surface area contributed by atoms with Gasteiger partial charge in [-0.15, -0.1) is 0 Å². The number of para-hydroxylation sites is 1. The third-order valence-corrected chi connectivity index (χ3v) is 6.86. The number of rotatable bonds is 6. The predicted molar refractivity (Wildman–Crippen MR) is 142 cm³/mol. The van der Waals surface area contributed by atoms with E-state index in [0.29, 0.717) is 28.2 Å². The zero-order chi connectivity index (χ0) is 26.3. The molecule has 3 heterocycles. The smallest absolute Gasteiger partial charge is 0.337 e. The Morgan fingerprint density at radius 1 is 1.05 bits per heavy atom. The number of hydrogen-bond donors (Lipinski definition) is 2. The van der Waals surface area contributed by atoms with E-state index in [0.717, 1.165) is 36.2 Å². The number of amides is 1. The van der Waals surface area contributed by atoms with Crippen LogP contribution < -0.4 is 10.9 Å². The van der Waals surface area contributed by atoms with Gasteiger partial charge in [-0.3, -0.25) is 14.0 Å². The fourth-order valence-electron chi connectivity index (χ4n) is 4.67. The van der Waals surface area contributed by atoms with Crippen molar-refractivity contribution in [3.63, 3.8) is 0 Å². The molecular formula is C29H28N4O4. The molecule has 0 radical (unpaired) electrons. The summed E-state index contributed by atoms with van der Waals surface area (Å²) >= 11 is 0. The molecule has 1 fully saturated rings. The molecule has 1 aliphatic rings. The maximum atomic E-state index is 13.4. The number of carboxylic acid groups (broad SMARTS) is 1. The zero-order valence-corrected chi connectivity index (χ0v) is 21.0. The van der Waals surface area contributed by atoms with E-state index in [-0.39, 0.29) is 23.1 Å². The number of nitrogens with zero attached hydrogens (tertiary/aromatic N) is 3. The molecule has 188 valence electrons. The van der Waals surface area contributed by atoms with Gasteiger partial charge in [0.1, 0.15) is 5.65 Å². The molecule has 37 heavy (non-hydrogen) atoms. The monoisotopic (exact) mass is 496 g/mol. The maximum Gasteiger partial charge on any atom is 0.337 e. The minimum absolute atomic E-state index is 0.0142. The maximum absolute atomic E-state index is 13.4. The van der Waals surface area contributed by atoms with Crippen molar-refractivity contribution in [1.82, 2.24) is 14.3 Å². The summed E-state index contributed by atoms with van der Waals surface area (Å²) < 4.78 is 1.55. The van der Waals surface area contributed by atoms with Gasteiger partial charge < -0.3 is 15.3 Å². The van der Waals surface area contributed by atoms with Crippen molar-refractivity contribution >= 4 is 23.2 Å². The molecule has 4 aromatic rings. The zero-order valence-electron chi connectivity index (χ0n) is 21.0. The second kappa shape index (κ2) is 9.54. The lowest BCUT2D eigenvalue weighted by atomic mass is 10.0. The number of aromatic nitrogens is 2. The number of carboxylic acids is 1. The first-order valence-corrected chi connectivity index (χ1v) is 12.3. The Hall–Kier alpha value is -4.46. The quantitative estimate of drug-likeness (QED) is 0.401. The molecule has 1 aliphatic heterocycles. The van der Waals surface area contributed by atoms with E-state index < -0.39 is 5.97 Å². The number of pyridine rings is 1. The first kappa shape index (κ1) is 24.2. The van der Waals surface area contributed by atoms with Crippen LogP contribution in [0.1, 0.15) is 56.8 Å². The number of fused-ring (bicyclic) bond motifs is 1. The van der Waals surface area contributed by atoms with Crippen molar-refractivity contribution in [2.45, 2.75) is 33.2 Å². The Bertz CT molecular complexity index is 1590. The summed E-state index contributed by atoms with van der Waals surface area (Å²) in [6.07, 6.45) is 2.79. The fourth-order valence-corrected chi connectivity index (χ4v) is 4.67. The number of nitrogens with one attached hydrogen (secondary N) is 1. The second-order valence-corrected chi connectivity index (χ2v) is 9.50. The van der Waals surface area contributed by atoms with Crippen LogP contribution in [-0.2, 0) is 0 Å². The summed E-state index contributed by atoms with van der Waals surface area (Å²) in [6.45, 7) is 7.14. The normalized spacial score (nSPS) is 13.8. The van der Waals surface area contributed by atoms with Gasteiger partial charge in [-0.05, 0) is 63.1 Å². The van der Waals surface area contributed by atoms with Crippen LogP contribution in [-0.4, -0.2) is 44.4 Å². The van der Waals surface area contributed by atoms with Gasteiger partial charge in [0, 0.05) is 47.2 Å². The molecule has 1 saturated heterocycles. The van der Waals surface area contributed by atoms with E-state index in [1.165, 1.54) is 0 Å². The first-order chi connectivity index (χ1) is 17.7. The number of aryl methyl sites for hydroxylation is 1. The largest absolute Gasteiger partial charge is 0.478 e. The highest BCUT2D eigenvalue weighted by atomic mass is 16.4. The van der Waals surface area contributed by atoms with E-state index >= 15 is 0 Å². The Morgan fingerprint density at radius 3 is 2.41 bits per heavy atom. The van der Waals surface area contributed by atoms with Gasteiger partial charge in [-0.1, -0.05) is 24.3 Å². The molecule has 1 amide bonds. The molecular weight excluding hydrogens is 468 g/mol. The average Bonchev–Trinajstić information content (AvgIpc) is 2.85. The van der Waals surface area contributed by atoms with Gasteiger partial charge in [0.05, 0.1) is 17.3 Å². The SMILES string of the molecule is Cc1cc([C@@H](C)Nc2ccccc2C(=O)O)c2nc(-c3ccc(C(=O)N4CCC4)cc3)c(C)c(=O)n2c1. The number of anilines is 1. The van der Waals surface area contributed by atoms with Crippen LogP contribution in [0.3, 0.4) is 0 Å². The van der Waals surface area contributed by atoms with Crippen molar-refractivity contribution in [2.75, 3.05) is 18.4 Å². The Labute approximate surface area is 214 Å². The summed E-state index contributed by atoms with van der Waals surface area (Å²) in [5, 5.41) is 12.9. The van der Waals surface area contributed by atoms with Crippen LogP contribution in [0, 0.1) is 13.8 Å². The predicted octanol–water partition coefficient (Wildman–Crippen LogP) is 4.70. The molecule has 0 bridgehead atoms. The average molecular weight is 497 g/mol. The van der Waals surface area contributed by atoms with E-state index in [1.807, 2.05) is 36.9 Å². The number of carbonyl (C=O) groups is 2. The third kappa shape index (κ3) is 4.46. The van der Waals surface area contributed by atoms with Gasteiger partial charge in [0.15, 0.2) is 0 Å². The van der Waals surface area contributed by atoms with Crippen LogP contribution >= 0.6 is 0 Å². The van der Waals surface area contributed by atoms with Crippen molar-refractivity contribution in [3.8, 4) is 11.3 Å². The molecule has 2 aromatic heterocycles. The Morgan fingerprint density at radius 2 is 1.76 bits per heavy atom. The minimum Gasteiger partial charge on any atom is -0.478 e. The highest BCUT2D eigenvalue weighted by molar-refractivity contribution is 5.95. The van der Waals surface area contributed by atoms with E-state index in [9.17, 15) is 19.5 Å². The van der Waals surface area contributed by atoms with Crippen molar-refractivity contribution in [1.29, 1.82) is 0 Å². The molecule has 1 atom stereocenters. The standard InChI is InChI=1S/C29H28N4O4/c1-17-15-23(19(3)30-24-8-5-4-7-22(24)29(36)37)26-31-25(18(2)27(34)33(26)16-17)20-9-11-21(12-10-20)28(35)32-13-6-14-32/h4-5,7-12,15-16,19,30H,6,13-14H2,1-3H3,(H,36,37)/t19-/m1/s1. The molecule has 0 saturated carbocycles. The summed E-state index contributed by atoms with van der Waals surface area (Å²) in [4.78, 5) is 44.4. The van der Waals surface area contributed by atoms with Crippen LogP contribution in [0.2, 0.25) is 0 Å². The molecule has 8 heteroatoms. The van der Waals surface area contributed by atoms with Gasteiger partial charge >= 0.3 is 5.97 Å². The van der Waals surface area contributed by atoms with Gasteiger partial charge in [-0.25, -0.2) is 9.78 Å². The van der Waals surface area contributed by atoms with E-state index in [4.69, 9.17) is 4.98 Å². The molecule has 2 N–H and O–H groups in total.